The molecule has 1 aliphatic carbocycles. The Morgan fingerprint density at radius 2 is 1.87 bits per heavy atom. The largest absolute Gasteiger partial charge is 0.490 e. The van der Waals surface area contributed by atoms with Crippen LogP contribution in [-0.4, -0.2) is 75.1 Å². The monoisotopic (exact) mass is 431 g/mol. The molecule has 8 nitrogen and oxygen atoms in total. The number of urea groups is 1. The number of likely N-dealkylation sites (tertiary alicyclic amines) is 1. The Kier molecular flexibility index (Phi) is 7.22. The van der Waals surface area contributed by atoms with Gasteiger partial charge in [0.05, 0.1) is 11.7 Å². The second-order valence-electron chi connectivity index (χ2n) is 7.95. The van der Waals surface area contributed by atoms with Crippen LogP contribution in [0.25, 0.3) is 0 Å². The topological polar surface area (TPSA) is 90.7 Å². The zero-order valence-corrected chi connectivity index (χ0v) is 16.8. The number of nitrogens with zero attached hydrogens (tertiary/aromatic N) is 4. The van der Waals surface area contributed by atoms with Gasteiger partial charge in [-0.2, -0.15) is 18.3 Å². The molecule has 3 heterocycles. The molecule has 1 unspecified atom stereocenters. The smallest absolute Gasteiger partial charge is 0.475 e. The number of nitrogens with one attached hydrogen (secondary N) is 1. The molecule has 2 fully saturated rings. The van der Waals surface area contributed by atoms with Crippen molar-refractivity contribution in [3.8, 4) is 0 Å². The lowest BCUT2D eigenvalue weighted by atomic mass is 9.90. The number of carbonyl (C=O) groups is 2. The second kappa shape index (κ2) is 9.67. The van der Waals surface area contributed by atoms with Crippen molar-refractivity contribution in [3.05, 3.63) is 18.0 Å². The molecule has 1 aromatic heterocycles. The van der Waals surface area contributed by atoms with E-state index >= 15 is 0 Å². The van der Waals surface area contributed by atoms with Crippen LogP contribution in [0.2, 0.25) is 0 Å². The van der Waals surface area contributed by atoms with Crippen LogP contribution in [0, 0.1) is 0 Å². The Hall–Kier alpha value is -2.30. The summed E-state index contributed by atoms with van der Waals surface area (Å²) in [5.74, 6) is -2.76. The summed E-state index contributed by atoms with van der Waals surface area (Å²) in [7, 11) is 0. The van der Waals surface area contributed by atoms with Crippen LogP contribution >= 0.6 is 0 Å². The number of halogens is 3. The van der Waals surface area contributed by atoms with Gasteiger partial charge in [0.2, 0.25) is 0 Å². The summed E-state index contributed by atoms with van der Waals surface area (Å²) >= 11 is 0. The van der Waals surface area contributed by atoms with E-state index < -0.39 is 12.1 Å². The minimum atomic E-state index is -5.08. The minimum absolute atomic E-state index is 0.106. The number of carbonyl (C=O) groups excluding carboxylic acids is 1. The van der Waals surface area contributed by atoms with Crippen molar-refractivity contribution in [2.75, 3.05) is 26.2 Å². The molecule has 2 N–H and O–H groups in total. The van der Waals surface area contributed by atoms with Crippen molar-refractivity contribution in [2.45, 2.75) is 63.3 Å². The van der Waals surface area contributed by atoms with Gasteiger partial charge in [0, 0.05) is 45.0 Å². The van der Waals surface area contributed by atoms with Crippen LogP contribution in [0.15, 0.2) is 12.3 Å². The van der Waals surface area contributed by atoms with Crippen molar-refractivity contribution in [3.63, 3.8) is 0 Å². The standard InChI is InChI=1S/C17H27N5O.C2HF3O2/c23-17(20-10-1-2-11-20)18-8-6-15-12-21(14-4-3-5-14)13-16-7-9-19-22(15)16;3-2(4,5)1(6)7/h7,9,14-15H,1-6,8,10-13H2,(H,18,23);(H,6,7). The van der Waals surface area contributed by atoms with Gasteiger partial charge in [-0.3, -0.25) is 9.58 Å². The quantitative estimate of drug-likeness (QED) is 0.765. The van der Waals surface area contributed by atoms with Crippen LogP contribution in [-0.2, 0) is 11.3 Å². The van der Waals surface area contributed by atoms with Gasteiger partial charge in [-0.15, -0.1) is 0 Å². The van der Waals surface area contributed by atoms with Crippen LogP contribution < -0.4 is 5.32 Å². The maximum absolute atomic E-state index is 12.1. The first-order chi connectivity index (χ1) is 14.3. The van der Waals surface area contributed by atoms with Crippen molar-refractivity contribution in [2.24, 2.45) is 0 Å². The lowest BCUT2D eigenvalue weighted by molar-refractivity contribution is -0.192. The molecule has 1 saturated heterocycles. The SMILES string of the molecule is O=C(NCCC1CN(C2CCC2)Cc2ccnn21)N1CCCC1.O=C(O)C(F)(F)F. The van der Waals surface area contributed by atoms with Gasteiger partial charge in [-0.05, 0) is 38.2 Å². The van der Waals surface area contributed by atoms with Gasteiger partial charge < -0.3 is 15.3 Å². The fourth-order valence-corrected chi connectivity index (χ4v) is 4.04. The third kappa shape index (κ3) is 5.65. The zero-order chi connectivity index (χ0) is 21.7. The van der Waals surface area contributed by atoms with Crippen LogP contribution in [0.1, 0.15) is 50.3 Å². The molecule has 3 aliphatic rings. The fraction of sp³-hybridized carbons (Fsp3) is 0.737. The van der Waals surface area contributed by atoms with E-state index in [4.69, 9.17) is 9.90 Å². The number of carboxylic acid groups (broad SMARTS) is 1. The summed E-state index contributed by atoms with van der Waals surface area (Å²) in [5, 5.41) is 14.7. The highest BCUT2D eigenvalue weighted by atomic mass is 19.4. The predicted octanol–water partition coefficient (Wildman–Crippen LogP) is 2.62. The molecule has 1 saturated carbocycles. The number of rotatable bonds is 4. The van der Waals surface area contributed by atoms with Crippen molar-refractivity contribution >= 4 is 12.0 Å². The molecule has 2 aliphatic heterocycles. The molecule has 1 aromatic rings. The van der Waals surface area contributed by atoms with E-state index in [0.29, 0.717) is 6.04 Å². The predicted molar refractivity (Wildman–Crippen MR) is 102 cm³/mol. The normalized spacial score (nSPS) is 22.0. The number of alkyl halides is 3. The second-order valence-corrected chi connectivity index (χ2v) is 7.95. The van der Waals surface area contributed by atoms with Gasteiger partial charge in [-0.25, -0.2) is 9.59 Å². The Labute approximate surface area is 173 Å². The van der Waals surface area contributed by atoms with Crippen molar-refractivity contribution in [1.82, 2.24) is 24.9 Å². The molecule has 30 heavy (non-hydrogen) atoms. The molecule has 0 spiro atoms. The van der Waals surface area contributed by atoms with Gasteiger partial charge in [0.1, 0.15) is 0 Å². The first-order valence-electron chi connectivity index (χ1n) is 10.3. The van der Waals surface area contributed by atoms with Gasteiger partial charge in [0.25, 0.3) is 0 Å². The lowest BCUT2D eigenvalue weighted by Crippen LogP contribution is -2.47. The highest BCUT2D eigenvalue weighted by Crippen LogP contribution is 2.31. The average molecular weight is 431 g/mol. The third-order valence-electron chi connectivity index (χ3n) is 5.89. The van der Waals surface area contributed by atoms with Gasteiger partial charge in [0.15, 0.2) is 0 Å². The molecular formula is C19H28F3N5O3. The van der Waals surface area contributed by atoms with E-state index in [2.05, 4.69) is 26.1 Å². The summed E-state index contributed by atoms with van der Waals surface area (Å²) in [6.07, 6.45) is 4.12. The van der Waals surface area contributed by atoms with E-state index in [-0.39, 0.29) is 6.03 Å². The number of fused-ring (bicyclic) bond motifs is 1. The molecular weight excluding hydrogens is 403 g/mol. The summed E-state index contributed by atoms with van der Waals surface area (Å²) in [5.41, 5.74) is 1.32. The molecule has 4 rings (SSSR count). The van der Waals surface area contributed by atoms with E-state index in [1.165, 1.54) is 25.0 Å². The van der Waals surface area contributed by atoms with Crippen LogP contribution in [0.3, 0.4) is 0 Å². The number of aliphatic carboxylic acids is 1. The third-order valence-corrected chi connectivity index (χ3v) is 5.89. The highest BCUT2D eigenvalue weighted by molar-refractivity contribution is 5.74. The Morgan fingerprint density at radius 1 is 1.20 bits per heavy atom. The van der Waals surface area contributed by atoms with Gasteiger partial charge in [-0.1, -0.05) is 6.42 Å². The lowest BCUT2D eigenvalue weighted by Gasteiger charge is -2.42. The van der Waals surface area contributed by atoms with Crippen molar-refractivity contribution in [1.29, 1.82) is 0 Å². The molecule has 2 amide bonds. The number of carboxylic acids is 1. The summed E-state index contributed by atoms with van der Waals surface area (Å²) in [6, 6.07) is 3.39. The summed E-state index contributed by atoms with van der Waals surface area (Å²) < 4.78 is 33.9. The van der Waals surface area contributed by atoms with Crippen molar-refractivity contribution < 1.29 is 27.9 Å². The van der Waals surface area contributed by atoms with E-state index in [1.54, 1.807) is 0 Å². The van der Waals surface area contributed by atoms with Gasteiger partial charge >= 0.3 is 18.2 Å². The first kappa shape index (κ1) is 22.4. The first-order valence-corrected chi connectivity index (χ1v) is 10.3. The molecule has 0 bridgehead atoms. The molecule has 11 heteroatoms. The van der Waals surface area contributed by atoms with Crippen LogP contribution in [0.5, 0.6) is 0 Å². The number of aromatic nitrogens is 2. The van der Waals surface area contributed by atoms with E-state index in [9.17, 15) is 18.0 Å². The minimum Gasteiger partial charge on any atom is -0.475 e. The molecule has 0 aromatic carbocycles. The molecule has 1 atom stereocenters. The fourth-order valence-electron chi connectivity index (χ4n) is 4.04. The number of hydrogen-bond donors (Lipinski definition) is 2. The number of hydrogen-bond acceptors (Lipinski definition) is 4. The number of amides is 2. The maximum atomic E-state index is 12.1. The van der Waals surface area contributed by atoms with Crippen LogP contribution in [0.4, 0.5) is 18.0 Å². The Balaban J connectivity index is 0.000000318. The highest BCUT2D eigenvalue weighted by Gasteiger charge is 2.38. The molecule has 168 valence electrons. The Bertz CT molecular complexity index is 729. The summed E-state index contributed by atoms with van der Waals surface area (Å²) in [6.45, 7) is 4.65. The molecule has 0 radical (unpaired) electrons. The maximum Gasteiger partial charge on any atom is 0.490 e. The van der Waals surface area contributed by atoms with E-state index in [1.807, 2.05) is 11.1 Å². The van der Waals surface area contributed by atoms with E-state index in [0.717, 1.165) is 58.0 Å². The Morgan fingerprint density at radius 3 is 2.43 bits per heavy atom. The zero-order valence-electron chi connectivity index (χ0n) is 16.8. The summed E-state index contributed by atoms with van der Waals surface area (Å²) in [4.78, 5) is 25.5. The average Bonchev–Trinajstić information content (AvgIpc) is 3.31.